The van der Waals surface area contributed by atoms with E-state index in [1.165, 1.54) is 0 Å². The maximum absolute atomic E-state index is 12.7. The number of hydrogen-bond donors (Lipinski definition) is 1. The smallest absolute Gasteiger partial charge is 0.261 e. The SMILES string of the molecule is CC[C@H](Oc1cccc(C)c1)C(=O)N[C@@H](C)c1cc(OC)ccc1OC. The second-order valence-electron chi connectivity index (χ2n) is 6.17. The van der Waals surface area contributed by atoms with Crippen LogP contribution in [0.3, 0.4) is 0 Å². The quantitative estimate of drug-likeness (QED) is 0.774. The first-order valence-electron chi connectivity index (χ1n) is 8.74. The highest BCUT2D eigenvalue weighted by atomic mass is 16.5. The van der Waals surface area contributed by atoms with Crippen molar-refractivity contribution in [3.63, 3.8) is 0 Å². The lowest BCUT2D eigenvalue weighted by atomic mass is 10.1. The minimum absolute atomic E-state index is 0.161. The Morgan fingerprint density at radius 2 is 1.85 bits per heavy atom. The van der Waals surface area contributed by atoms with Crippen LogP contribution in [0.4, 0.5) is 0 Å². The Morgan fingerprint density at radius 3 is 2.46 bits per heavy atom. The van der Waals surface area contributed by atoms with Gasteiger partial charge in [0.15, 0.2) is 6.10 Å². The van der Waals surface area contributed by atoms with E-state index in [0.717, 1.165) is 11.1 Å². The molecule has 0 bridgehead atoms. The summed E-state index contributed by atoms with van der Waals surface area (Å²) >= 11 is 0. The number of aryl methyl sites for hydroxylation is 1. The molecule has 2 aromatic carbocycles. The molecule has 0 heterocycles. The third kappa shape index (κ3) is 4.91. The molecule has 1 amide bonds. The van der Waals surface area contributed by atoms with Crippen molar-refractivity contribution in [3.05, 3.63) is 53.6 Å². The van der Waals surface area contributed by atoms with Crippen molar-refractivity contribution in [1.82, 2.24) is 5.32 Å². The Balaban J connectivity index is 2.11. The summed E-state index contributed by atoms with van der Waals surface area (Å²) in [6, 6.07) is 13.0. The van der Waals surface area contributed by atoms with Gasteiger partial charge >= 0.3 is 0 Å². The van der Waals surface area contributed by atoms with Gasteiger partial charge in [-0.05, 0) is 56.2 Å². The molecule has 0 saturated carbocycles. The third-order valence-corrected chi connectivity index (χ3v) is 4.19. The minimum Gasteiger partial charge on any atom is -0.497 e. The summed E-state index contributed by atoms with van der Waals surface area (Å²) in [4.78, 5) is 12.7. The van der Waals surface area contributed by atoms with Crippen LogP contribution in [-0.2, 0) is 4.79 Å². The van der Waals surface area contributed by atoms with Crippen molar-refractivity contribution in [2.24, 2.45) is 0 Å². The number of amides is 1. The van der Waals surface area contributed by atoms with Gasteiger partial charge in [-0.2, -0.15) is 0 Å². The fourth-order valence-corrected chi connectivity index (χ4v) is 2.74. The van der Waals surface area contributed by atoms with Crippen LogP contribution in [0.25, 0.3) is 0 Å². The van der Waals surface area contributed by atoms with Gasteiger partial charge in [-0.3, -0.25) is 4.79 Å². The lowest BCUT2D eigenvalue weighted by molar-refractivity contribution is -0.128. The number of methoxy groups -OCH3 is 2. The van der Waals surface area contributed by atoms with Crippen LogP contribution >= 0.6 is 0 Å². The summed E-state index contributed by atoms with van der Waals surface area (Å²) in [7, 11) is 3.22. The topological polar surface area (TPSA) is 56.8 Å². The zero-order chi connectivity index (χ0) is 19.1. The molecule has 2 rings (SSSR count). The van der Waals surface area contributed by atoms with Gasteiger partial charge in [0.2, 0.25) is 0 Å². The lowest BCUT2D eigenvalue weighted by Gasteiger charge is -2.22. The molecule has 0 radical (unpaired) electrons. The van der Waals surface area contributed by atoms with Crippen molar-refractivity contribution < 1.29 is 19.0 Å². The van der Waals surface area contributed by atoms with Crippen molar-refractivity contribution in [2.45, 2.75) is 39.3 Å². The Morgan fingerprint density at radius 1 is 1.08 bits per heavy atom. The van der Waals surface area contributed by atoms with Gasteiger partial charge in [0.05, 0.1) is 20.3 Å². The zero-order valence-electron chi connectivity index (χ0n) is 16.0. The van der Waals surface area contributed by atoms with Gasteiger partial charge in [-0.25, -0.2) is 0 Å². The fraction of sp³-hybridized carbons (Fsp3) is 0.381. The van der Waals surface area contributed by atoms with E-state index in [1.54, 1.807) is 14.2 Å². The highest BCUT2D eigenvalue weighted by molar-refractivity contribution is 5.81. The van der Waals surface area contributed by atoms with Crippen molar-refractivity contribution >= 4 is 5.91 Å². The van der Waals surface area contributed by atoms with Gasteiger partial charge in [-0.1, -0.05) is 19.1 Å². The second kappa shape index (κ2) is 9.13. The molecule has 0 saturated heterocycles. The fourth-order valence-electron chi connectivity index (χ4n) is 2.74. The lowest BCUT2D eigenvalue weighted by Crippen LogP contribution is -2.39. The molecule has 1 N–H and O–H groups in total. The minimum atomic E-state index is -0.559. The first-order valence-corrected chi connectivity index (χ1v) is 8.74. The summed E-state index contributed by atoms with van der Waals surface area (Å²) < 4.78 is 16.6. The van der Waals surface area contributed by atoms with Gasteiger partial charge < -0.3 is 19.5 Å². The zero-order valence-corrected chi connectivity index (χ0v) is 16.0. The van der Waals surface area contributed by atoms with Crippen molar-refractivity contribution in [2.75, 3.05) is 14.2 Å². The molecule has 0 aromatic heterocycles. The molecule has 5 heteroatoms. The highest BCUT2D eigenvalue weighted by Gasteiger charge is 2.22. The molecule has 26 heavy (non-hydrogen) atoms. The van der Waals surface area contributed by atoms with Crippen LogP contribution in [0.5, 0.6) is 17.2 Å². The second-order valence-corrected chi connectivity index (χ2v) is 6.17. The van der Waals surface area contributed by atoms with Crippen LogP contribution in [0.2, 0.25) is 0 Å². The number of nitrogens with one attached hydrogen (secondary N) is 1. The van der Waals surface area contributed by atoms with E-state index < -0.39 is 6.10 Å². The van der Waals surface area contributed by atoms with E-state index in [2.05, 4.69) is 5.32 Å². The summed E-state index contributed by atoms with van der Waals surface area (Å²) in [5.74, 6) is 1.95. The van der Waals surface area contributed by atoms with Gasteiger partial charge in [0.1, 0.15) is 17.2 Å². The number of rotatable bonds is 8. The number of hydrogen-bond acceptors (Lipinski definition) is 4. The van der Waals surface area contributed by atoms with Gasteiger partial charge in [0, 0.05) is 5.56 Å². The maximum atomic E-state index is 12.7. The van der Waals surface area contributed by atoms with Gasteiger partial charge in [-0.15, -0.1) is 0 Å². The maximum Gasteiger partial charge on any atom is 0.261 e. The molecule has 140 valence electrons. The van der Waals surface area contributed by atoms with E-state index in [4.69, 9.17) is 14.2 Å². The molecule has 0 aliphatic carbocycles. The molecule has 0 fully saturated rings. The van der Waals surface area contributed by atoms with E-state index in [1.807, 2.05) is 63.2 Å². The molecule has 5 nitrogen and oxygen atoms in total. The number of benzene rings is 2. The third-order valence-electron chi connectivity index (χ3n) is 4.19. The van der Waals surface area contributed by atoms with Crippen LogP contribution in [0.15, 0.2) is 42.5 Å². The summed E-state index contributed by atoms with van der Waals surface area (Å²) in [5.41, 5.74) is 1.94. The van der Waals surface area contributed by atoms with E-state index in [0.29, 0.717) is 23.7 Å². The van der Waals surface area contributed by atoms with Gasteiger partial charge in [0.25, 0.3) is 5.91 Å². The predicted molar refractivity (Wildman–Crippen MR) is 102 cm³/mol. The largest absolute Gasteiger partial charge is 0.497 e. The van der Waals surface area contributed by atoms with Crippen molar-refractivity contribution in [1.29, 1.82) is 0 Å². The van der Waals surface area contributed by atoms with E-state index in [-0.39, 0.29) is 11.9 Å². The first-order chi connectivity index (χ1) is 12.5. The Hall–Kier alpha value is -2.69. The number of ether oxygens (including phenoxy) is 3. The molecule has 0 spiro atoms. The average Bonchev–Trinajstić information content (AvgIpc) is 2.65. The van der Waals surface area contributed by atoms with E-state index >= 15 is 0 Å². The summed E-state index contributed by atoms with van der Waals surface area (Å²) in [6.45, 7) is 5.83. The molecular weight excluding hydrogens is 330 g/mol. The van der Waals surface area contributed by atoms with Crippen LogP contribution in [0.1, 0.15) is 37.4 Å². The first kappa shape index (κ1) is 19.6. The number of carbonyl (C=O) groups is 1. The standard InChI is InChI=1S/C21H27NO4/c1-6-19(26-17-9-7-8-14(2)12-17)21(23)22-15(3)18-13-16(24-4)10-11-20(18)25-5/h7-13,15,19H,6H2,1-5H3,(H,22,23)/t15-,19-/m0/s1. The number of carbonyl (C=O) groups excluding carboxylic acids is 1. The normalized spacial score (nSPS) is 12.8. The summed E-state index contributed by atoms with van der Waals surface area (Å²) in [6.07, 6.45) is 0.0118. The molecule has 2 aromatic rings. The van der Waals surface area contributed by atoms with Crippen LogP contribution < -0.4 is 19.5 Å². The van der Waals surface area contributed by atoms with Crippen LogP contribution in [0, 0.1) is 6.92 Å². The Kier molecular flexibility index (Phi) is 6.89. The molecule has 0 aliphatic rings. The van der Waals surface area contributed by atoms with Crippen LogP contribution in [-0.4, -0.2) is 26.2 Å². The van der Waals surface area contributed by atoms with Crippen molar-refractivity contribution in [3.8, 4) is 17.2 Å². The van der Waals surface area contributed by atoms with E-state index in [9.17, 15) is 4.79 Å². The Bertz CT molecular complexity index is 745. The monoisotopic (exact) mass is 357 g/mol. The summed E-state index contributed by atoms with van der Waals surface area (Å²) in [5, 5.41) is 3.01. The average molecular weight is 357 g/mol. The molecular formula is C21H27NO4. The molecule has 2 atom stereocenters. The highest BCUT2D eigenvalue weighted by Crippen LogP contribution is 2.29. The molecule has 0 aliphatic heterocycles. The molecule has 0 unspecified atom stereocenters. The predicted octanol–water partition coefficient (Wildman–Crippen LogP) is 4.05. The Labute approximate surface area is 155 Å².